The first-order chi connectivity index (χ1) is 9.67. The minimum absolute atomic E-state index is 0.105. The number of rotatable bonds is 6. The zero-order valence-electron chi connectivity index (χ0n) is 11.9. The van der Waals surface area contributed by atoms with Gasteiger partial charge in [-0.3, -0.25) is 4.79 Å². The van der Waals surface area contributed by atoms with Crippen molar-refractivity contribution in [3.8, 4) is 0 Å². The van der Waals surface area contributed by atoms with Crippen LogP contribution in [0.1, 0.15) is 53.5 Å². The lowest BCUT2D eigenvalue weighted by atomic mass is 10.3. The van der Waals surface area contributed by atoms with Crippen molar-refractivity contribution in [3.63, 3.8) is 0 Å². The predicted octanol–water partition coefficient (Wildman–Crippen LogP) is 4.94. The number of halogens is 1. The van der Waals surface area contributed by atoms with Crippen LogP contribution in [0.5, 0.6) is 0 Å². The van der Waals surface area contributed by atoms with E-state index in [1.54, 1.807) is 19.4 Å². The highest BCUT2D eigenvalue weighted by atomic mass is 35.5. The maximum absolute atomic E-state index is 11.0. The second kappa shape index (κ2) is 9.72. The summed E-state index contributed by atoms with van der Waals surface area (Å²) in [5.41, 5.74) is 0. The molecule has 0 aliphatic heterocycles. The van der Waals surface area contributed by atoms with E-state index in [1.165, 1.54) is 30.6 Å². The molecule has 0 N–H and O–H groups in total. The second-order valence-electron chi connectivity index (χ2n) is 4.32. The van der Waals surface area contributed by atoms with Crippen LogP contribution in [0, 0.1) is 0 Å². The normalized spacial score (nSPS) is 9.95. The maximum atomic E-state index is 11.0. The third kappa shape index (κ3) is 6.35. The van der Waals surface area contributed by atoms with Crippen LogP contribution in [0.25, 0.3) is 0 Å². The molecule has 0 bridgehead atoms. The average Bonchev–Trinajstić information content (AvgIpc) is 3.09. The van der Waals surface area contributed by atoms with Crippen molar-refractivity contribution in [1.29, 1.82) is 0 Å². The summed E-state index contributed by atoms with van der Waals surface area (Å²) in [5.74, 6) is 1.61. The number of hydrogen-bond donors (Lipinski definition) is 0. The van der Waals surface area contributed by atoms with E-state index in [-0.39, 0.29) is 5.78 Å². The largest absolute Gasteiger partial charge is 0.449 e. The molecule has 0 fully saturated rings. The third-order valence-electron chi connectivity index (χ3n) is 2.55. The lowest BCUT2D eigenvalue weighted by Gasteiger charge is -1.89. The van der Waals surface area contributed by atoms with Crippen LogP contribution in [0.15, 0.2) is 29.0 Å². The van der Waals surface area contributed by atoms with E-state index < -0.39 is 0 Å². The lowest BCUT2D eigenvalue weighted by Crippen LogP contribution is -1.84. The molecule has 0 atom stereocenters. The molecule has 0 aromatic carbocycles. The lowest BCUT2D eigenvalue weighted by molar-refractivity contribution is 0.102. The van der Waals surface area contributed by atoms with E-state index in [0.717, 1.165) is 15.6 Å². The Morgan fingerprint density at radius 3 is 2.65 bits per heavy atom. The summed E-state index contributed by atoms with van der Waals surface area (Å²) in [4.78, 5) is 16.9. The van der Waals surface area contributed by atoms with Crippen LogP contribution in [-0.2, 0) is 6.42 Å². The van der Waals surface area contributed by atoms with Crippen molar-refractivity contribution in [3.05, 3.63) is 40.2 Å². The van der Waals surface area contributed by atoms with Crippen molar-refractivity contribution < 1.29 is 9.21 Å². The smallest absolute Gasteiger partial charge is 0.199 e. The van der Waals surface area contributed by atoms with Gasteiger partial charge in [0.05, 0.1) is 17.5 Å². The van der Waals surface area contributed by atoms with Crippen molar-refractivity contribution in [2.24, 2.45) is 0 Å². The molecule has 0 spiro atoms. The van der Waals surface area contributed by atoms with Crippen molar-refractivity contribution >= 4 is 28.7 Å². The topological polar surface area (TPSA) is 43.1 Å². The Hall–Kier alpha value is -1.13. The summed E-state index contributed by atoms with van der Waals surface area (Å²) in [6.45, 7) is 3.74. The SMILES string of the molecule is CC(=O)c1ccc(Cc2ncco2)s1.CCCCCCl. The van der Waals surface area contributed by atoms with E-state index in [4.69, 9.17) is 16.0 Å². The number of hydrogen-bond acceptors (Lipinski definition) is 4. The molecule has 0 aliphatic carbocycles. The first kappa shape index (κ1) is 16.9. The van der Waals surface area contributed by atoms with Crippen LogP contribution < -0.4 is 0 Å². The number of nitrogens with zero attached hydrogens (tertiary/aromatic N) is 1. The molecule has 3 nitrogen and oxygen atoms in total. The zero-order valence-corrected chi connectivity index (χ0v) is 13.5. The number of alkyl halides is 1. The number of aromatic nitrogens is 1. The van der Waals surface area contributed by atoms with Gasteiger partial charge in [-0.25, -0.2) is 4.98 Å². The minimum Gasteiger partial charge on any atom is -0.449 e. The van der Waals surface area contributed by atoms with E-state index in [2.05, 4.69) is 11.9 Å². The van der Waals surface area contributed by atoms with E-state index in [1.807, 2.05) is 12.1 Å². The highest BCUT2D eigenvalue weighted by Crippen LogP contribution is 2.19. The Morgan fingerprint density at radius 2 is 2.20 bits per heavy atom. The number of oxazole rings is 1. The molecule has 0 unspecified atom stereocenters. The van der Waals surface area contributed by atoms with Crippen LogP contribution in [0.3, 0.4) is 0 Å². The van der Waals surface area contributed by atoms with Crippen molar-refractivity contribution in [2.75, 3.05) is 5.88 Å². The molecular formula is C15H20ClNO2S. The molecule has 5 heteroatoms. The van der Waals surface area contributed by atoms with Gasteiger partial charge in [-0.15, -0.1) is 22.9 Å². The van der Waals surface area contributed by atoms with Crippen molar-refractivity contribution in [1.82, 2.24) is 4.98 Å². The van der Waals surface area contributed by atoms with Gasteiger partial charge in [-0.05, 0) is 25.5 Å². The molecule has 0 saturated heterocycles. The summed E-state index contributed by atoms with van der Waals surface area (Å²) < 4.78 is 5.12. The molecule has 110 valence electrons. The van der Waals surface area contributed by atoms with Crippen LogP contribution in [-0.4, -0.2) is 16.6 Å². The number of ketones is 1. The Kier molecular flexibility index (Phi) is 8.23. The maximum Gasteiger partial charge on any atom is 0.199 e. The van der Waals surface area contributed by atoms with Gasteiger partial charge in [0.2, 0.25) is 0 Å². The summed E-state index contributed by atoms with van der Waals surface area (Å²) in [7, 11) is 0. The summed E-state index contributed by atoms with van der Waals surface area (Å²) in [6, 6.07) is 3.77. The van der Waals surface area contributed by atoms with Gasteiger partial charge in [0.1, 0.15) is 6.26 Å². The molecule has 2 aromatic rings. The molecular weight excluding hydrogens is 294 g/mol. The van der Waals surface area contributed by atoms with Gasteiger partial charge < -0.3 is 4.42 Å². The highest BCUT2D eigenvalue weighted by Gasteiger charge is 2.06. The molecule has 20 heavy (non-hydrogen) atoms. The molecule has 0 saturated carbocycles. The van der Waals surface area contributed by atoms with Crippen LogP contribution in [0.4, 0.5) is 0 Å². The van der Waals surface area contributed by atoms with Gasteiger partial charge in [0.25, 0.3) is 0 Å². The third-order valence-corrected chi connectivity index (χ3v) is 4.01. The Bertz CT molecular complexity index is 490. The Labute approximate surface area is 129 Å². The Morgan fingerprint density at radius 1 is 1.40 bits per heavy atom. The fourth-order valence-corrected chi connectivity index (χ4v) is 2.58. The standard InChI is InChI=1S/C10H9NO2S.C5H11Cl/c1-7(12)9-3-2-8(14-9)6-10-11-4-5-13-10;1-2-3-4-5-6/h2-5H,6H2,1H3;2-5H2,1H3. The van der Waals surface area contributed by atoms with Gasteiger partial charge in [-0.1, -0.05) is 19.8 Å². The number of thiophene rings is 1. The number of Topliss-reactive ketones (excluding diaryl/α,β-unsaturated/α-hetero) is 1. The fourth-order valence-electron chi connectivity index (χ4n) is 1.50. The van der Waals surface area contributed by atoms with E-state index >= 15 is 0 Å². The van der Waals surface area contributed by atoms with Gasteiger partial charge in [-0.2, -0.15) is 0 Å². The molecule has 2 rings (SSSR count). The molecule has 2 aromatic heterocycles. The molecule has 2 heterocycles. The molecule has 0 aliphatic rings. The predicted molar refractivity (Wildman–Crippen MR) is 83.9 cm³/mol. The van der Waals surface area contributed by atoms with Gasteiger partial charge in [0, 0.05) is 10.8 Å². The number of unbranched alkanes of at least 4 members (excludes halogenated alkanes) is 2. The monoisotopic (exact) mass is 313 g/mol. The number of carbonyl (C=O) groups excluding carboxylic acids is 1. The zero-order chi connectivity index (χ0) is 14.8. The number of carbonyl (C=O) groups is 1. The first-order valence-corrected chi connectivity index (χ1v) is 8.06. The quantitative estimate of drug-likeness (QED) is 0.431. The summed E-state index contributed by atoms with van der Waals surface area (Å²) in [5, 5.41) is 0. The molecule has 0 radical (unpaired) electrons. The highest BCUT2D eigenvalue weighted by molar-refractivity contribution is 7.14. The van der Waals surface area contributed by atoms with Crippen LogP contribution >= 0.6 is 22.9 Å². The van der Waals surface area contributed by atoms with Gasteiger partial charge in [0.15, 0.2) is 11.7 Å². The second-order valence-corrected chi connectivity index (χ2v) is 5.87. The summed E-state index contributed by atoms with van der Waals surface area (Å²) in [6.07, 6.45) is 7.56. The first-order valence-electron chi connectivity index (χ1n) is 6.71. The molecule has 0 amide bonds. The summed E-state index contributed by atoms with van der Waals surface area (Å²) >= 11 is 6.87. The Balaban J connectivity index is 0.000000286. The van der Waals surface area contributed by atoms with Crippen LogP contribution in [0.2, 0.25) is 0 Å². The van der Waals surface area contributed by atoms with Gasteiger partial charge >= 0.3 is 0 Å². The average molecular weight is 314 g/mol. The van der Waals surface area contributed by atoms with E-state index in [0.29, 0.717) is 12.3 Å². The fraction of sp³-hybridized carbons (Fsp3) is 0.467. The van der Waals surface area contributed by atoms with E-state index in [9.17, 15) is 4.79 Å². The minimum atomic E-state index is 0.105. The van der Waals surface area contributed by atoms with Crippen molar-refractivity contribution in [2.45, 2.75) is 39.5 Å².